The van der Waals surface area contributed by atoms with Gasteiger partial charge in [-0.25, -0.2) is 4.79 Å². The van der Waals surface area contributed by atoms with Crippen LogP contribution in [0.15, 0.2) is 24.0 Å². The number of hydrogen-bond acceptors (Lipinski definition) is 4. The highest BCUT2D eigenvalue weighted by Crippen LogP contribution is 1.95. The van der Waals surface area contributed by atoms with E-state index in [9.17, 15) is 4.79 Å². The van der Waals surface area contributed by atoms with Crippen molar-refractivity contribution in [1.82, 2.24) is 15.3 Å². The average Bonchev–Trinajstić information content (AvgIpc) is 2.20. The van der Waals surface area contributed by atoms with Gasteiger partial charge in [-0.1, -0.05) is 5.57 Å². The lowest BCUT2D eigenvalue weighted by Gasteiger charge is -2.03. The average molecular weight is 221 g/mol. The lowest BCUT2D eigenvalue weighted by atomic mass is 10.3. The molecule has 2 N–H and O–H groups in total. The van der Waals surface area contributed by atoms with Crippen LogP contribution in [0, 0.1) is 6.92 Å². The van der Waals surface area contributed by atoms with E-state index < -0.39 is 5.97 Å². The summed E-state index contributed by atoms with van der Waals surface area (Å²) in [6.45, 7) is 4.76. The molecule has 5 heteroatoms. The minimum absolute atomic E-state index is 0.530. The zero-order valence-corrected chi connectivity index (χ0v) is 9.40. The maximum atomic E-state index is 10.4. The van der Waals surface area contributed by atoms with Gasteiger partial charge in [0, 0.05) is 31.6 Å². The van der Waals surface area contributed by atoms with Crippen LogP contribution in [0.3, 0.4) is 0 Å². The van der Waals surface area contributed by atoms with Gasteiger partial charge in [-0.15, -0.1) is 0 Å². The van der Waals surface area contributed by atoms with Crippen molar-refractivity contribution < 1.29 is 9.90 Å². The van der Waals surface area contributed by atoms with E-state index in [-0.39, 0.29) is 0 Å². The third-order valence-corrected chi connectivity index (χ3v) is 1.91. The second kappa shape index (κ2) is 5.97. The van der Waals surface area contributed by atoms with E-state index in [1.165, 1.54) is 6.08 Å². The van der Waals surface area contributed by atoms with Gasteiger partial charge in [0.05, 0.1) is 11.4 Å². The van der Waals surface area contributed by atoms with Crippen LogP contribution in [0.5, 0.6) is 0 Å². The molecular formula is C11H15N3O2. The first-order valence-corrected chi connectivity index (χ1v) is 4.96. The second-order valence-electron chi connectivity index (χ2n) is 3.58. The Bertz CT molecular complexity index is 385. The monoisotopic (exact) mass is 221 g/mol. The largest absolute Gasteiger partial charge is 0.478 e. The molecule has 0 unspecified atom stereocenters. The number of hydrogen-bond donors (Lipinski definition) is 2. The number of rotatable bonds is 5. The highest BCUT2D eigenvalue weighted by atomic mass is 16.4. The number of carboxylic acid groups (broad SMARTS) is 1. The van der Waals surface area contributed by atoms with Gasteiger partial charge >= 0.3 is 5.97 Å². The molecule has 1 aromatic heterocycles. The second-order valence-corrected chi connectivity index (χ2v) is 3.58. The summed E-state index contributed by atoms with van der Waals surface area (Å²) in [4.78, 5) is 18.6. The molecule has 0 spiro atoms. The number of aliphatic carboxylic acids is 1. The van der Waals surface area contributed by atoms with E-state index in [1.54, 1.807) is 19.3 Å². The first kappa shape index (κ1) is 12.3. The van der Waals surface area contributed by atoms with E-state index in [2.05, 4.69) is 15.3 Å². The summed E-state index contributed by atoms with van der Waals surface area (Å²) in [6.07, 6.45) is 4.60. The van der Waals surface area contributed by atoms with Gasteiger partial charge in [0.15, 0.2) is 0 Å². The quantitative estimate of drug-likeness (QED) is 0.723. The number of aromatic nitrogens is 2. The summed E-state index contributed by atoms with van der Waals surface area (Å²) >= 11 is 0. The molecule has 0 aliphatic carbocycles. The maximum absolute atomic E-state index is 10.4. The molecule has 0 saturated heterocycles. The van der Waals surface area contributed by atoms with Gasteiger partial charge in [-0.05, 0) is 13.8 Å². The Hall–Kier alpha value is -1.75. The van der Waals surface area contributed by atoms with E-state index in [0.717, 1.165) is 17.0 Å². The smallest absolute Gasteiger partial charge is 0.328 e. The van der Waals surface area contributed by atoms with Crippen LogP contribution in [0.2, 0.25) is 0 Å². The van der Waals surface area contributed by atoms with Crippen LogP contribution in [-0.2, 0) is 11.3 Å². The van der Waals surface area contributed by atoms with Crippen LogP contribution in [0.1, 0.15) is 18.3 Å². The summed E-state index contributed by atoms with van der Waals surface area (Å²) in [5.74, 6) is -0.922. The molecular weight excluding hydrogens is 206 g/mol. The molecule has 0 amide bonds. The third kappa shape index (κ3) is 4.65. The molecule has 1 rings (SSSR count). The van der Waals surface area contributed by atoms with Crippen LogP contribution >= 0.6 is 0 Å². The first-order chi connectivity index (χ1) is 7.58. The van der Waals surface area contributed by atoms with Crippen molar-refractivity contribution in [3.05, 3.63) is 35.4 Å². The van der Waals surface area contributed by atoms with Gasteiger partial charge < -0.3 is 10.4 Å². The molecule has 0 aliphatic rings. The highest BCUT2D eigenvalue weighted by molar-refractivity contribution is 5.80. The molecule has 0 bridgehead atoms. The van der Waals surface area contributed by atoms with Crippen molar-refractivity contribution in [1.29, 1.82) is 0 Å². The summed E-state index contributed by atoms with van der Waals surface area (Å²) in [5.41, 5.74) is 2.49. The molecule has 0 saturated carbocycles. The van der Waals surface area contributed by atoms with Gasteiger partial charge in [0.25, 0.3) is 0 Å². The fourth-order valence-corrected chi connectivity index (χ4v) is 1.16. The standard InChI is InChI=1S/C11H15N3O2/c1-8(3-11(15)16)4-12-6-10-7-13-9(2)5-14-10/h3,5,7,12H,4,6H2,1-2H3,(H,15,16). The van der Waals surface area contributed by atoms with Crippen molar-refractivity contribution in [3.63, 3.8) is 0 Å². The third-order valence-electron chi connectivity index (χ3n) is 1.91. The zero-order valence-electron chi connectivity index (χ0n) is 9.40. The first-order valence-electron chi connectivity index (χ1n) is 4.96. The molecule has 0 atom stereocenters. The van der Waals surface area contributed by atoms with Crippen LogP contribution in [0.4, 0.5) is 0 Å². The molecule has 0 aromatic carbocycles. The summed E-state index contributed by atoms with van der Waals surface area (Å²) in [6, 6.07) is 0. The van der Waals surface area contributed by atoms with E-state index >= 15 is 0 Å². The predicted molar refractivity (Wildman–Crippen MR) is 59.9 cm³/mol. The molecule has 1 heterocycles. The van der Waals surface area contributed by atoms with Gasteiger partial charge in [-0.3, -0.25) is 9.97 Å². The van der Waals surface area contributed by atoms with Crippen LogP contribution in [0.25, 0.3) is 0 Å². The van der Waals surface area contributed by atoms with Gasteiger partial charge in [0.1, 0.15) is 0 Å². The number of aryl methyl sites for hydroxylation is 1. The van der Waals surface area contributed by atoms with Crippen LogP contribution in [-0.4, -0.2) is 27.6 Å². The summed E-state index contributed by atoms with van der Waals surface area (Å²) < 4.78 is 0. The van der Waals surface area contributed by atoms with E-state index in [4.69, 9.17) is 5.11 Å². The predicted octanol–water partition coefficient (Wildman–Crippen LogP) is 0.906. The van der Waals surface area contributed by atoms with Crippen LogP contribution < -0.4 is 5.32 Å². The summed E-state index contributed by atoms with van der Waals surface area (Å²) in [7, 11) is 0. The Labute approximate surface area is 94.2 Å². The van der Waals surface area contributed by atoms with Gasteiger partial charge in [0.2, 0.25) is 0 Å². The van der Waals surface area contributed by atoms with E-state index in [0.29, 0.717) is 13.1 Å². The number of nitrogens with one attached hydrogen (secondary N) is 1. The number of carbonyl (C=O) groups is 1. The lowest BCUT2D eigenvalue weighted by molar-refractivity contribution is -0.131. The Kier molecular flexibility index (Phi) is 4.60. The molecule has 16 heavy (non-hydrogen) atoms. The highest BCUT2D eigenvalue weighted by Gasteiger charge is 1.97. The molecule has 5 nitrogen and oxygen atoms in total. The number of carboxylic acids is 1. The van der Waals surface area contributed by atoms with Crippen molar-refractivity contribution in [2.45, 2.75) is 20.4 Å². The SMILES string of the molecule is CC(=CC(=O)O)CNCc1cnc(C)cn1. The molecule has 86 valence electrons. The Balaban J connectivity index is 2.36. The fourth-order valence-electron chi connectivity index (χ4n) is 1.16. The normalized spacial score (nSPS) is 11.5. The minimum Gasteiger partial charge on any atom is -0.478 e. The molecule has 0 aliphatic heterocycles. The molecule has 0 radical (unpaired) electrons. The Morgan fingerprint density at radius 1 is 1.50 bits per heavy atom. The van der Waals surface area contributed by atoms with Crippen molar-refractivity contribution in [2.24, 2.45) is 0 Å². The summed E-state index contributed by atoms with van der Waals surface area (Å²) in [5, 5.41) is 11.6. The molecule has 0 fully saturated rings. The zero-order chi connectivity index (χ0) is 12.0. The molecule has 1 aromatic rings. The van der Waals surface area contributed by atoms with Crippen molar-refractivity contribution >= 4 is 5.97 Å². The van der Waals surface area contributed by atoms with Crippen molar-refractivity contribution in [3.8, 4) is 0 Å². The Morgan fingerprint density at radius 2 is 2.25 bits per heavy atom. The van der Waals surface area contributed by atoms with E-state index in [1.807, 2.05) is 6.92 Å². The topological polar surface area (TPSA) is 75.1 Å². The lowest BCUT2D eigenvalue weighted by Crippen LogP contribution is -2.17. The van der Waals surface area contributed by atoms with Crippen molar-refractivity contribution in [2.75, 3.05) is 6.54 Å². The fraction of sp³-hybridized carbons (Fsp3) is 0.364. The maximum Gasteiger partial charge on any atom is 0.328 e. The Morgan fingerprint density at radius 3 is 2.81 bits per heavy atom. The minimum atomic E-state index is -0.922. The number of nitrogens with zero attached hydrogens (tertiary/aromatic N) is 2. The van der Waals surface area contributed by atoms with Gasteiger partial charge in [-0.2, -0.15) is 0 Å².